The van der Waals surface area contributed by atoms with E-state index in [1.807, 2.05) is 53.8 Å². The summed E-state index contributed by atoms with van der Waals surface area (Å²) in [6, 6.07) is 7.80. The number of hydrogen-bond acceptors (Lipinski definition) is 4. The van der Waals surface area contributed by atoms with Crippen LogP contribution in [-0.4, -0.2) is 30.5 Å². The summed E-state index contributed by atoms with van der Waals surface area (Å²) in [4.78, 5) is 18.3. The molecule has 0 radical (unpaired) electrons. The molecule has 4 bridgehead atoms. The maximum Gasteiger partial charge on any atom is 0.230 e. The van der Waals surface area contributed by atoms with E-state index in [1.54, 1.807) is 0 Å². The van der Waals surface area contributed by atoms with Crippen LogP contribution in [0.1, 0.15) is 55.5 Å². The Morgan fingerprint density at radius 2 is 1.91 bits per heavy atom. The molecule has 4 saturated carbocycles. The summed E-state index contributed by atoms with van der Waals surface area (Å²) in [6.07, 6.45) is 7.96. The molecule has 178 valence electrons. The second-order valence-electron chi connectivity index (χ2n) is 10.7. The zero-order valence-electron chi connectivity index (χ0n) is 19.4. The van der Waals surface area contributed by atoms with Crippen molar-refractivity contribution in [3.8, 4) is 0 Å². The Hall–Kier alpha value is -2.19. The first kappa shape index (κ1) is 22.3. The van der Waals surface area contributed by atoms with Crippen LogP contribution in [-0.2, 0) is 16.9 Å². The fourth-order valence-electron chi connectivity index (χ4n) is 7.29. The van der Waals surface area contributed by atoms with Gasteiger partial charge in [-0.05, 0) is 91.8 Å². The minimum absolute atomic E-state index is 0.112. The summed E-state index contributed by atoms with van der Waals surface area (Å²) in [5.74, 6) is 1.24. The van der Waals surface area contributed by atoms with Crippen LogP contribution in [0.2, 0.25) is 5.02 Å². The molecule has 2 aromatic heterocycles. The van der Waals surface area contributed by atoms with Crippen molar-refractivity contribution in [2.24, 2.45) is 17.3 Å². The predicted octanol–water partition coefficient (Wildman–Crippen LogP) is 5.49. The quantitative estimate of drug-likeness (QED) is 0.462. The molecule has 4 fully saturated rings. The first-order chi connectivity index (χ1) is 16.3. The summed E-state index contributed by atoms with van der Waals surface area (Å²) in [7, 11) is 0. The zero-order chi connectivity index (χ0) is 23.7. The van der Waals surface area contributed by atoms with Crippen LogP contribution in [0.15, 0.2) is 35.3 Å². The monoisotopic (exact) mass is 542 g/mol. The number of anilines is 1. The van der Waals surface area contributed by atoms with Crippen molar-refractivity contribution in [2.75, 3.05) is 5.32 Å². The number of hydrogen-bond donors (Lipinski definition) is 1. The molecule has 0 saturated heterocycles. The number of halogens is 2. The van der Waals surface area contributed by atoms with Gasteiger partial charge in [0.05, 0.1) is 34.6 Å². The average molecular weight is 544 g/mol. The molecule has 4 aliphatic carbocycles. The van der Waals surface area contributed by atoms with Crippen molar-refractivity contribution in [1.29, 1.82) is 0 Å². The topological polar surface area (TPSA) is 77.6 Å². The molecule has 2 unspecified atom stereocenters. The number of carbonyl (C=O) groups is 1. The molecule has 34 heavy (non-hydrogen) atoms. The van der Waals surface area contributed by atoms with Crippen molar-refractivity contribution in [3.05, 3.63) is 57.3 Å². The predicted molar refractivity (Wildman–Crippen MR) is 134 cm³/mol. The maximum absolute atomic E-state index is 13.9. The van der Waals surface area contributed by atoms with E-state index >= 15 is 0 Å². The average Bonchev–Trinajstić information content (AvgIpc) is 3.34. The molecule has 9 heteroatoms. The lowest BCUT2D eigenvalue weighted by Gasteiger charge is -2.60. The lowest BCUT2D eigenvalue weighted by molar-refractivity contribution is -0.150. The second-order valence-corrected chi connectivity index (χ2v) is 11.8. The summed E-state index contributed by atoms with van der Waals surface area (Å²) < 4.78 is 4.58. The molecule has 1 aromatic carbocycles. The van der Waals surface area contributed by atoms with Gasteiger partial charge in [-0.3, -0.25) is 9.48 Å². The highest BCUT2D eigenvalue weighted by Gasteiger charge is 2.61. The van der Waals surface area contributed by atoms with Crippen molar-refractivity contribution < 1.29 is 4.79 Å². The number of aromatic nitrogens is 5. The minimum atomic E-state index is -0.369. The fourth-order valence-corrected chi connectivity index (χ4v) is 7.74. The van der Waals surface area contributed by atoms with Gasteiger partial charge in [-0.1, -0.05) is 29.8 Å². The van der Waals surface area contributed by atoms with Gasteiger partial charge in [-0.15, -0.1) is 5.10 Å². The van der Waals surface area contributed by atoms with Gasteiger partial charge in [-0.2, -0.15) is 5.10 Å². The highest BCUT2D eigenvalue weighted by Crippen LogP contribution is 2.64. The van der Waals surface area contributed by atoms with Crippen molar-refractivity contribution >= 4 is 39.1 Å². The van der Waals surface area contributed by atoms with Crippen LogP contribution >= 0.6 is 27.5 Å². The molecule has 7 rings (SSSR count). The number of nitrogens with zero attached hydrogens (tertiary/aromatic N) is 5. The zero-order valence-corrected chi connectivity index (χ0v) is 21.7. The van der Waals surface area contributed by atoms with E-state index in [9.17, 15) is 4.79 Å². The highest BCUT2D eigenvalue weighted by atomic mass is 79.9. The Morgan fingerprint density at radius 1 is 1.18 bits per heavy atom. The van der Waals surface area contributed by atoms with Gasteiger partial charge in [0.15, 0.2) is 0 Å². The van der Waals surface area contributed by atoms with Crippen LogP contribution < -0.4 is 5.32 Å². The largest absolute Gasteiger partial charge is 0.322 e. The lowest BCUT2D eigenvalue weighted by atomic mass is 9.46. The van der Waals surface area contributed by atoms with E-state index in [0.29, 0.717) is 23.1 Å². The Kier molecular flexibility index (Phi) is 5.19. The molecule has 4 aliphatic rings. The Bertz CT molecular complexity index is 1270. The van der Waals surface area contributed by atoms with Gasteiger partial charge in [-0.25, -0.2) is 9.67 Å². The molecule has 0 aliphatic heterocycles. The fraction of sp³-hybridized carbons (Fsp3) is 0.520. The van der Waals surface area contributed by atoms with Crippen LogP contribution in [0.25, 0.3) is 0 Å². The summed E-state index contributed by atoms with van der Waals surface area (Å²) in [5.41, 5.74) is 3.13. The number of aryl methyl sites for hydroxylation is 1. The summed E-state index contributed by atoms with van der Waals surface area (Å²) in [5, 5.41) is 13.4. The van der Waals surface area contributed by atoms with E-state index in [4.69, 9.17) is 16.7 Å². The van der Waals surface area contributed by atoms with Crippen LogP contribution in [0.3, 0.4) is 0 Å². The Labute approximate surface area is 212 Å². The van der Waals surface area contributed by atoms with E-state index < -0.39 is 0 Å². The van der Waals surface area contributed by atoms with Crippen molar-refractivity contribution in [3.63, 3.8) is 0 Å². The third-order valence-electron chi connectivity index (χ3n) is 8.36. The normalized spacial score (nSPS) is 29.5. The number of nitrogens with one attached hydrogen (secondary N) is 1. The Balaban J connectivity index is 1.28. The standard InChI is InChI=1S/C25H28BrClN6O/c1-15-21(16(2)32(30-15)12-19-5-3-4-6-20(19)27)29-22(34)24-8-17-7-18(9-24)11-25(10-17,13-24)33-14-28-23(26)31-33/h3-6,14,17-18H,7-13H2,1-2H3,(H,29,34). The van der Waals surface area contributed by atoms with Gasteiger partial charge in [0, 0.05) is 5.02 Å². The van der Waals surface area contributed by atoms with Gasteiger partial charge in [0.1, 0.15) is 6.33 Å². The number of rotatable bonds is 5. The van der Waals surface area contributed by atoms with E-state index in [2.05, 4.69) is 31.3 Å². The van der Waals surface area contributed by atoms with Crippen LogP contribution in [0, 0.1) is 31.1 Å². The second kappa shape index (κ2) is 7.92. The first-order valence-corrected chi connectivity index (χ1v) is 13.1. The van der Waals surface area contributed by atoms with E-state index in [1.165, 1.54) is 6.42 Å². The van der Waals surface area contributed by atoms with E-state index in [0.717, 1.165) is 59.8 Å². The summed E-state index contributed by atoms with van der Waals surface area (Å²) >= 11 is 9.78. The molecule has 2 atom stereocenters. The molecule has 1 amide bonds. The molecule has 3 aromatic rings. The van der Waals surface area contributed by atoms with Gasteiger partial charge >= 0.3 is 0 Å². The molecule has 7 nitrogen and oxygen atoms in total. The maximum atomic E-state index is 13.9. The van der Waals surface area contributed by atoms with Crippen LogP contribution in [0.5, 0.6) is 0 Å². The molecule has 2 heterocycles. The van der Waals surface area contributed by atoms with Crippen molar-refractivity contribution in [1.82, 2.24) is 24.5 Å². The third kappa shape index (κ3) is 3.52. The first-order valence-electron chi connectivity index (χ1n) is 11.9. The van der Waals surface area contributed by atoms with Gasteiger partial charge in [0.2, 0.25) is 10.6 Å². The van der Waals surface area contributed by atoms with Gasteiger partial charge < -0.3 is 5.32 Å². The smallest absolute Gasteiger partial charge is 0.230 e. The number of benzene rings is 1. The molecular weight excluding hydrogens is 516 g/mol. The van der Waals surface area contributed by atoms with Crippen molar-refractivity contribution in [2.45, 2.75) is 64.5 Å². The van der Waals surface area contributed by atoms with Crippen LogP contribution in [0.4, 0.5) is 5.69 Å². The van der Waals surface area contributed by atoms with Gasteiger partial charge in [0.25, 0.3) is 0 Å². The summed E-state index contributed by atoms with van der Waals surface area (Å²) in [6.45, 7) is 4.54. The SMILES string of the molecule is Cc1nn(Cc2ccccc2Cl)c(C)c1NC(=O)C12CC3CC(C1)CC(n1cnc(Br)n1)(C3)C2. The number of amides is 1. The number of carbonyl (C=O) groups excluding carboxylic acids is 1. The minimum Gasteiger partial charge on any atom is -0.322 e. The molecular formula is C25H28BrClN6O. The Morgan fingerprint density at radius 3 is 2.59 bits per heavy atom. The molecule has 0 spiro atoms. The van der Waals surface area contributed by atoms with E-state index in [-0.39, 0.29) is 16.9 Å². The lowest BCUT2D eigenvalue weighted by Crippen LogP contribution is -2.60. The highest BCUT2D eigenvalue weighted by molar-refractivity contribution is 9.10. The third-order valence-corrected chi connectivity index (χ3v) is 9.09. The molecule has 1 N–H and O–H groups in total.